The van der Waals surface area contributed by atoms with Crippen LogP contribution in [0.15, 0.2) is 45.7 Å². The van der Waals surface area contributed by atoms with Crippen molar-refractivity contribution in [2.75, 3.05) is 31.2 Å². The minimum absolute atomic E-state index is 0.00931. The van der Waals surface area contributed by atoms with Gasteiger partial charge in [-0.2, -0.15) is 0 Å². The molecule has 2 aliphatic heterocycles. The standard InChI is InChI=1S/C20H16F2N2O6S/c21-11-9-24(10-11)12-6-14(22)13-8-17(30-16(13)7-12)20(25)23-31(26,27)18-3-1-2-15-19(18)29-5-4-28-15/h1-3,6-8,11H,4-5,9-10H2,(H,23,25). The van der Waals surface area contributed by atoms with Crippen molar-refractivity contribution in [3.63, 3.8) is 0 Å². The number of halogens is 2. The lowest BCUT2D eigenvalue weighted by atomic mass is 10.1. The number of fused-ring (bicyclic) bond motifs is 2. The first kappa shape index (κ1) is 19.6. The molecule has 0 unspecified atom stereocenters. The van der Waals surface area contributed by atoms with E-state index in [0.29, 0.717) is 5.69 Å². The summed E-state index contributed by atoms with van der Waals surface area (Å²) in [6.07, 6.45) is -0.972. The molecule has 2 aromatic carbocycles. The summed E-state index contributed by atoms with van der Waals surface area (Å²) in [7, 11) is -4.33. The van der Waals surface area contributed by atoms with Crippen LogP contribution in [-0.4, -0.2) is 46.8 Å². The Labute approximate surface area is 175 Å². The monoisotopic (exact) mass is 450 g/mol. The number of furan rings is 1. The van der Waals surface area contributed by atoms with Crippen molar-refractivity contribution >= 4 is 32.6 Å². The molecule has 3 aromatic rings. The lowest BCUT2D eigenvalue weighted by Gasteiger charge is -2.36. The van der Waals surface area contributed by atoms with Crippen molar-refractivity contribution in [2.24, 2.45) is 0 Å². The van der Waals surface area contributed by atoms with Crippen molar-refractivity contribution in [3.05, 3.63) is 48.0 Å². The van der Waals surface area contributed by atoms with E-state index in [1.165, 1.54) is 24.3 Å². The maximum Gasteiger partial charge on any atom is 0.300 e. The lowest BCUT2D eigenvalue weighted by molar-refractivity contribution is 0.0956. The smallest absolute Gasteiger partial charge is 0.300 e. The fraction of sp³-hybridized carbons (Fsp3) is 0.250. The van der Waals surface area contributed by atoms with Gasteiger partial charge in [-0.05, 0) is 18.2 Å². The zero-order chi connectivity index (χ0) is 21.8. The third-order valence-electron chi connectivity index (χ3n) is 5.04. The van der Waals surface area contributed by atoms with Crippen molar-refractivity contribution in [1.82, 2.24) is 4.72 Å². The summed E-state index contributed by atoms with van der Waals surface area (Å²) in [5.74, 6) is -1.86. The van der Waals surface area contributed by atoms with Crippen molar-refractivity contribution in [2.45, 2.75) is 11.1 Å². The number of hydrogen-bond acceptors (Lipinski definition) is 7. The highest BCUT2D eigenvalue weighted by atomic mass is 32.2. The summed E-state index contributed by atoms with van der Waals surface area (Å²) in [6, 6.07) is 8.11. The van der Waals surface area contributed by atoms with Crippen molar-refractivity contribution in [1.29, 1.82) is 0 Å². The predicted molar refractivity (Wildman–Crippen MR) is 105 cm³/mol. The molecule has 0 saturated carbocycles. The number of rotatable bonds is 4. The van der Waals surface area contributed by atoms with Gasteiger partial charge in [-0.1, -0.05) is 6.07 Å². The Hall–Kier alpha value is -3.34. The number of carbonyl (C=O) groups is 1. The number of carbonyl (C=O) groups excluding carboxylic acids is 1. The number of amides is 1. The molecule has 1 amide bonds. The van der Waals surface area contributed by atoms with Gasteiger partial charge in [0.05, 0.1) is 18.5 Å². The summed E-state index contributed by atoms with van der Waals surface area (Å²) in [5.41, 5.74) is 0.467. The Morgan fingerprint density at radius 1 is 1.13 bits per heavy atom. The molecule has 2 aliphatic rings. The van der Waals surface area contributed by atoms with E-state index in [1.807, 2.05) is 4.72 Å². The highest BCUT2D eigenvalue weighted by molar-refractivity contribution is 7.90. The number of para-hydroxylation sites is 1. The number of sulfonamides is 1. The minimum atomic E-state index is -4.33. The molecule has 1 fully saturated rings. The van der Waals surface area contributed by atoms with Gasteiger partial charge in [0.2, 0.25) is 0 Å². The van der Waals surface area contributed by atoms with Crippen LogP contribution in [0.3, 0.4) is 0 Å². The molecular formula is C20H16F2N2O6S. The van der Waals surface area contributed by atoms with Crippen molar-refractivity contribution < 1.29 is 35.9 Å². The Kier molecular flexibility index (Phi) is 4.50. The number of nitrogens with one attached hydrogen (secondary N) is 1. The van der Waals surface area contributed by atoms with E-state index in [2.05, 4.69) is 0 Å². The van der Waals surface area contributed by atoms with E-state index >= 15 is 0 Å². The fourth-order valence-corrected chi connectivity index (χ4v) is 4.61. The molecule has 162 valence electrons. The topological polar surface area (TPSA) is 98.1 Å². The van der Waals surface area contributed by atoms with E-state index in [1.54, 1.807) is 11.0 Å². The Morgan fingerprint density at radius 3 is 2.68 bits per heavy atom. The van der Waals surface area contributed by atoms with Gasteiger partial charge in [-0.15, -0.1) is 0 Å². The summed E-state index contributed by atoms with van der Waals surface area (Å²) < 4.78 is 71.2. The predicted octanol–water partition coefficient (Wildman–Crippen LogP) is 2.62. The van der Waals surface area contributed by atoms with Crippen LogP contribution < -0.4 is 19.1 Å². The highest BCUT2D eigenvalue weighted by Gasteiger charge is 2.30. The molecule has 0 atom stereocenters. The third-order valence-corrected chi connectivity index (χ3v) is 6.40. The van der Waals surface area contributed by atoms with Gasteiger partial charge in [-0.25, -0.2) is 21.9 Å². The Morgan fingerprint density at radius 2 is 1.90 bits per heavy atom. The molecule has 1 saturated heterocycles. The molecular weight excluding hydrogens is 434 g/mol. The quantitative estimate of drug-likeness (QED) is 0.653. The molecule has 11 heteroatoms. The van der Waals surface area contributed by atoms with Crippen LogP contribution in [0.4, 0.5) is 14.5 Å². The fourth-order valence-electron chi connectivity index (χ4n) is 3.50. The van der Waals surface area contributed by atoms with Crippen LogP contribution in [0.5, 0.6) is 11.5 Å². The number of anilines is 1. The maximum absolute atomic E-state index is 14.5. The maximum atomic E-state index is 14.5. The second-order valence-electron chi connectivity index (χ2n) is 7.17. The number of benzene rings is 2. The normalized spacial score (nSPS) is 16.3. The summed E-state index contributed by atoms with van der Waals surface area (Å²) >= 11 is 0. The largest absolute Gasteiger partial charge is 0.486 e. The van der Waals surface area contributed by atoms with E-state index in [9.17, 15) is 22.0 Å². The molecule has 0 aliphatic carbocycles. The SMILES string of the molecule is O=C(NS(=O)(=O)c1cccc2c1OCCO2)c1cc2c(F)cc(N3CC(F)C3)cc2o1. The number of hydrogen-bond donors (Lipinski definition) is 1. The zero-order valence-corrected chi connectivity index (χ0v) is 16.7. The van der Waals surface area contributed by atoms with Gasteiger partial charge in [-0.3, -0.25) is 4.79 Å². The molecule has 1 N–H and O–H groups in total. The van der Waals surface area contributed by atoms with Gasteiger partial charge in [0.1, 0.15) is 35.7 Å². The number of nitrogens with zero attached hydrogens (tertiary/aromatic N) is 1. The second kappa shape index (κ2) is 7.12. The average Bonchev–Trinajstić information content (AvgIpc) is 3.16. The second-order valence-corrected chi connectivity index (χ2v) is 8.82. The lowest BCUT2D eigenvalue weighted by Crippen LogP contribution is -2.48. The van der Waals surface area contributed by atoms with Crippen LogP contribution in [0.25, 0.3) is 11.0 Å². The molecule has 3 heterocycles. The molecule has 1 aromatic heterocycles. The minimum Gasteiger partial charge on any atom is -0.486 e. The van der Waals surface area contributed by atoms with Gasteiger partial charge in [0, 0.05) is 17.8 Å². The van der Waals surface area contributed by atoms with E-state index in [4.69, 9.17) is 13.9 Å². The Bertz CT molecular complexity index is 1300. The molecule has 0 bridgehead atoms. The van der Waals surface area contributed by atoms with E-state index in [0.717, 1.165) is 6.07 Å². The third kappa shape index (κ3) is 3.44. The Balaban J connectivity index is 1.43. The molecule has 8 nitrogen and oxygen atoms in total. The van der Waals surface area contributed by atoms with Gasteiger partial charge in [0.25, 0.3) is 10.0 Å². The molecule has 0 spiro atoms. The first-order valence-corrected chi connectivity index (χ1v) is 10.9. The summed E-state index contributed by atoms with van der Waals surface area (Å²) in [4.78, 5) is 13.9. The first-order valence-electron chi connectivity index (χ1n) is 9.40. The van der Waals surface area contributed by atoms with E-state index in [-0.39, 0.29) is 59.4 Å². The first-order chi connectivity index (χ1) is 14.8. The van der Waals surface area contributed by atoms with Crippen molar-refractivity contribution in [3.8, 4) is 11.5 Å². The van der Waals surface area contributed by atoms with Crippen LogP contribution in [0.1, 0.15) is 10.6 Å². The van der Waals surface area contributed by atoms with Gasteiger partial charge < -0.3 is 18.8 Å². The van der Waals surface area contributed by atoms with Crippen LogP contribution in [0, 0.1) is 5.82 Å². The number of alkyl halides is 1. The van der Waals surface area contributed by atoms with Gasteiger partial charge >= 0.3 is 5.91 Å². The summed E-state index contributed by atoms with van der Waals surface area (Å²) in [6.45, 7) is 0.729. The molecule has 31 heavy (non-hydrogen) atoms. The number of ether oxygens (including phenoxy) is 2. The molecule has 5 rings (SSSR count). The molecule has 0 radical (unpaired) electrons. The van der Waals surface area contributed by atoms with Crippen LogP contribution in [0.2, 0.25) is 0 Å². The van der Waals surface area contributed by atoms with Crippen LogP contribution >= 0.6 is 0 Å². The van der Waals surface area contributed by atoms with E-state index < -0.39 is 27.9 Å². The average molecular weight is 450 g/mol. The van der Waals surface area contributed by atoms with Crippen LogP contribution in [-0.2, 0) is 10.0 Å². The highest BCUT2D eigenvalue weighted by Crippen LogP contribution is 2.36. The zero-order valence-electron chi connectivity index (χ0n) is 15.9. The summed E-state index contributed by atoms with van der Waals surface area (Å²) in [5, 5.41) is 0.0115. The van der Waals surface area contributed by atoms with Gasteiger partial charge in [0.15, 0.2) is 17.3 Å².